The van der Waals surface area contributed by atoms with Crippen molar-refractivity contribution < 1.29 is 46.1 Å². The maximum atomic E-state index is 13.1. The van der Waals surface area contributed by atoms with Crippen molar-refractivity contribution in [3.63, 3.8) is 0 Å². The van der Waals surface area contributed by atoms with Crippen molar-refractivity contribution in [2.24, 2.45) is 0 Å². The van der Waals surface area contributed by atoms with E-state index in [1.54, 1.807) is 12.4 Å². The molecule has 0 spiro atoms. The van der Waals surface area contributed by atoms with Gasteiger partial charge in [0.2, 0.25) is 12.9 Å². The van der Waals surface area contributed by atoms with Crippen LogP contribution in [0, 0.1) is 0 Å². The summed E-state index contributed by atoms with van der Waals surface area (Å²) in [6, 6.07) is 11.8. The van der Waals surface area contributed by atoms with Crippen molar-refractivity contribution in [3.05, 3.63) is 122 Å². The number of rotatable bonds is 16. The molecule has 2 saturated carbocycles. The summed E-state index contributed by atoms with van der Waals surface area (Å²) in [6.07, 6.45) is 8.28. The van der Waals surface area contributed by atoms with Gasteiger partial charge in [-0.25, -0.2) is 37.1 Å². The number of hydrogen-bond acceptors (Lipinski definition) is 10. The van der Waals surface area contributed by atoms with Gasteiger partial charge < -0.3 is 18.9 Å². The van der Waals surface area contributed by atoms with Crippen LogP contribution in [0.3, 0.4) is 0 Å². The Morgan fingerprint density at radius 2 is 1.21 bits per heavy atom. The van der Waals surface area contributed by atoms with E-state index in [-0.39, 0.29) is 30.7 Å². The van der Waals surface area contributed by atoms with Crippen molar-refractivity contribution in [2.75, 3.05) is 40.6 Å². The van der Waals surface area contributed by atoms with Crippen molar-refractivity contribution in [2.45, 2.75) is 114 Å². The average molecular weight is 859 g/mol. The molecule has 62 heavy (non-hydrogen) atoms. The molecule has 10 nitrogen and oxygen atoms in total. The second-order valence-corrected chi connectivity index (χ2v) is 16.3. The molecule has 14 heteroatoms. The van der Waals surface area contributed by atoms with Crippen molar-refractivity contribution in [1.29, 1.82) is 0 Å². The van der Waals surface area contributed by atoms with E-state index in [9.17, 15) is 27.2 Å². The van der Waals surface area contributed by atoms with Crippen LogP contribution < -0.4 is 0 Å². The quantitative estimate of drug-likeness (QED) is 0.0796. The highest BCUT2D eigenvalue weighted by molar-refractivity contribution is 5.89. The molecule has 2 aliphatic carbocycles. The maximum Gasteiger partial charge on any atom is 0.358 e. The number of aromatic nitrogens is 4. The molecule has 1 saturated heterocycles. The van der Waals surface area contributed by atoms with Gasteiger partial charge in [0, 0.05) is 63.1 Å². The zero-order valence-corrected chi connectivity index (χ0v) is 35.4. The van der Waals surface area contributed by atoms with Crippen LogP contribution in [0.1, 0.15) is 153 Å². The highest BCUT2D eigenvalue weighted by Crippen LogP contribution is 2.40. The molecule has 8 rings (SSSR count). The first kappa shape index (κ1) is 45.0. The van der Waals surface area contributed by atoms with Crippen LogP contribution in [0.5, 0.6) is 0 Å². The van der Waals surface area contributed by atoms with Gasteiger partial charge in [0.1, 0.15) is 0 Å². The van der Waals surface area contributed by atoms with Crippen LogP contribution in [-0.4, -0.2) is 85.4 Å². The largest absolute Gasteiger partial charge is 0.464 e. The Balaban J connectivity index is 0.000000186. The van der Waals surface area contributed by atoms with Crippen LogP contribution >= 0.6 is 0 Å². The summed E-state index contributed by atoms with van der Waals surface area (Å²) in [5.41, 5.74) is 9.91. The number of esters is 2. The Hall–Kier alpha value is -5.08. The predicted molar refractivity (Wildman–Crippen MR) is 224 cm³/mol. The Labute approximate surface area is 359 Å². The lowest BCUT2D eigenvalue weighted by Crippen LogP contribution is -2.17. The van der Waals surface area contributed by atoms with Gasteiger partial charge in [-0.3, -0.25) is 9.97 Å². The SMILES string of the molecule is COC(=O)c1nc(C2CC2)cnc1Cc1cccc(C2=CCOCC2)c1CCC(F)F.COC(=O)c1nc(C2CC2)cnc1Cc1cccc(C2CCOCC2)c1CCC(F)F. The Morgan fingerprint density at radius 3 is 1.71 bits per heavy atom. The molecule has 0 radical (unpaired) electrons. The molecule has 330 valence electrons. The normalized spacial score (nSPS) is 16.7. The molecule has 4 aromatic rings. The van der Waals surface area contributed by atoms with Crippen LogP contribution in [0.25, 0.3) is 5.57 Å². The number of nitrogens with zero attached hydrogens (tertiary/aromatic N) is 4. The number of ether oxygens (including phenoxy) is 4. The van der Waals surface area contributed by atoms with Crippen LogP contribution in [-0.2, 0) is 44.6 Å². The number of halogens is 4. The van der Waals surface area contributed by atoms with Crippen molar-refractivity contribution in [3.8, 4) is 0 Å². The Bertz CT molecular complexity index is 2220. The van der Waals surface area contributed by atoms with Crippen molar-refractivity contribution >= 4 is 17.5 Å². The van der Waals surface area contributed by atoms with E-state index in [0.29, 0.717) is 74.8 Å². The fourth-order valence-electron chi connectivity index (χ4n) is 8.34. The number of benzene rings is 2. The van der Waals surface area contributed by atoms with Crippen LogP contribution in [0.15, 0.2) is 54.9 Å². The number of hydrogen-bond donors (Lipinski definition) is 0. The molecular weight excluding hydrogens is 805 g/mol. The minimum atomic E-state index is -2.38. The minimum Gasteiger partial charge on any atom is -0.464 e. The molecule has 0 atom stereocenters. The second-order valence-electron chi connectivity index (χ2n) is 16.3. The Morgan fingerprint density at radius 1 is 0.677 bits per heavy atom. The maximum absolute atomic E-state index is 13.1. The van der Waals surface area contributed by atoms with Crippen LogP contribution in [0.4, 0.5) is 17.6 Å². The summed E-state index contributed by atoms with van der Waals surface area (Å²) in [5.74, 6) is -0.0225. The standard InChI is InChI=1S/C24H28F2N2O3.C24H26F2N2O3/c2*1-30-24(29)23-20(27-14-21(28-23)16-5-6-16)13-17-3-2-4-18(15-9-11-31-12-10-15)19(17)7-8-22(25)26/h2-4,14-16,22H,5-13H2,1H3;2-4,9,14,16,22H,5-8,10-13H2,1H3. The molecule has 0 bridgehead atoms. The van der Waals surface area contributed by atoms with E-state index in [0.717, 1.165) is 95.3 Å². The van der Waals surface area contributed by atoms with Gasteiger partial charge in [0.15, 0.2) is 11.4 Å². The summed E-state index contributed by atoms with van der Waals surface area (Å²) in [7, 11) is 2.65. The third-order valence-corrected chi connectivity index (χ3v) is 12.0. The van der Waals surface area contributed by atoms with E-state index in [2.05, 4.69) is 19.9 Å². The zero-order valence-electron chi connectivity index (χ0n) is 35.4. The molecule has 0 amide bonds. The van der Waals surface area contributed by atoms with Gasteiger partial charge in [-0.1, -0.05) is 42.5 Å². The average Bonchev–Trinajstić information content (AvgIpc) is 4.24. The highest BCUT2D eigenvalue weighted by atomic mass is 19.3. The van der Waals surface area contributed by atoms with Crippen LogP contribution in [0.2, 0.25) is 0 Å². The van der Waals surface area contributed by atoms with E-state index in [1.165, 1.54) is 14.2 Å². The lowest BCUT2D eigenvalue weighted by molar-refractivity contribution is 0.0583. The molecule has 4 aliphatic rings. The third kappa shape index (κ3) is 11.7. The molecule has 2 aliphatic heterocycles. The monoisotopic (exact) mass is 858 g/mol. The summed E-state index contributed by atoms with van der Waals surface area (Å²) in [5, 5.41) is 0. The lowest BCUT2D eigenvalue weighted by atomic mass is 9.83. The first-order valence-electron chi connectivity index (χ1n) is 21.6. The summed E-state index contributed by atoms with van der Waals surface area (Å²) in [4.78, 5) is 42.9. The topological polar surface area (TPSA) is 123 Å². The molecule has 3 fully saturated rings. The fourth-order valence-corrected chi connectivity index (χ4v) is 8.34. The summed E-state index contributed by atoms with van der Waals surface area (Å²) in [6.45, 7) is 2.51. The number of carbonyl (C=O) groups excluding carboxylic acids is 2. The first-order chi connectivity index (χ1) is 30.1. The van der Waals surface area contributed by atoms with Crippen molar-refractivity contribution in [1.82, 2.24) is 19.9 Å². The zero-order chi connectivity index (χ0) is 43.6. The molecule has 0 unspecified atom stereocenters. The summed E-state index contributed by atoms with van der Waals surface area (Å²) >= 11 is 0. The smallest absolute Gasteiger partial charge is 0.358 e. The van der Waals surface area contributed by atoms with E-state index in [4.69, 9.17) is 18.9 Å². The molecular formula is C48H54F4N4O6. The molecule has 2 aromatic carbocycles. The van der Waals surface area contributed by atoms with Gasteiger partial charge in [0.05, 0.1) is 50.2 Å². The highest BCUT2D eigenvalue weighted by Gasteiger charge is 2.30. The number of alkyl halides is 4. The molecule has 2 aromatic heterocycles. The lowest BCUT2D eigenvalue weighted by Gasteiger charge is -2.26. The predicted octanol–water partition coefficient (Wildman–Crippen LogP) is 9.56. The molecule has 4 heterocycles. The van der Waals surface area contributed by atoms with Gasteiger partial charge >= 0.3 is 11.9 Å². The third-order valence-electron chi connectivity index (χ3n) is 12.0. The minimum absolute atomic E-state index is 0.191. The van der Waals surface area contributed by atoms with E-state index >= 15 is 0 Å². The van der Waals surface area contributed by atoms with Gasteiger partial charge in [-0.2, -0.15) is 0 Å². The van der Waals surface area contributed by atoms with Gasteiger partial charge in [0.25, 0.3) is 0 Å². The molecule has 0 N–H and O–H groups in total. The first-order valence-corrected chi connectivity index (χ1v) is 21.6. The van der Waals surface area contributed by atoms with E-state index in [1.807, 2.05) is 42.5 Å². The Kier molecular flexibility index (Phi) is 15.5. The van der Waals surface area contributed by atoms with E-state index < -0.39 is 24.8 Å². The summed E-state index contributed by atoms with van der Waals surface area (Å²) < 4.78 is 73.1. The fraction of sp³-hybridized carbons (Fsp3) is 0.500. The number of methoxy groups -OCH3 is 2. The second kappa shape index (κ2) is 21.3. The number of carbonyl (C=O) groups is 2. The van der Waals surface area contributed by atoms with Gasteiger partial charge in [-0.15, -0.1) is 0 Å². The van der Waals surface area contributed by atoms with Gasteiger partial charge in [-0.05, 0) is 103 Å².